The molecule has 0 amide bonds. The molecule has 0 radical (unpaired) electrons. The van der Waals surface area contributed by atoms with E-state index >= 15 is 0 Å². The highest BCUT2D eigenvalue weighted by Gasteiger charge is 2.17. The Kier molecular flexibility index (Phi) is 3.84. The van der Waals surface area contributed by atoms with Gasteiger partial charge >= 0.3 is 5.69 Å². The summed E-state index contributed by atoms with van der Waals surface area (Å²) in [4.78, 5) is 14.6. The number of halogens is 1. The zero-order chi connectivity index (χ0) is 13.1. The maximum absolute atomic E-state index is 13.6. The molecule has 0 aliphatic carbocycles. The normalized spacial score (nSPS) is 11.6. The number of aromatic amines is 1. The largest absolute Gasteiger partial charge is 0.326 e. The summed E-state index contributed by atoms with van der Waals surface area (Å²) >= 11 is 0. The molecule has 0 saturated heterocycles. The SMILES string of the molecule is CCCC(CCC)n1c(=O)[nH]c2c(F)cccc21. The standard InChI is InChI=1S/C14H19FN2O/c1-3-6-10(7-4-2)17-12-9-5-8-11(15)13(12)16-14(17)18/h5,8-10H,3-4,6-7H2,1-2H3,(H,16,18). The van der Waals surface area contributed by atoms with Crippen LogP contribution in [0.25, 0.3) is 11.0 Å². The molecule has 0 atom stereocenters. The van der Waals surface area contributed by atoms with E-state index in [-0.39, 0.29) is 17.5 Å². The van der Waals surface area contributed by atoms with E-state index < -0.39 is 0 Å². The number of aromatic nitrogens is 2. The first-order valence-electron chi connectivity index (χ1n) is 6.57. The highest BCUT2D eigenvalue weighted by atomic mass is 19.1. The molecule has 1 heterocycles. The second-order valence-electron chi connectivity index (χ2n) is 4.67. The van der Waals surface area contributed by atoms with Gasteiger partial charge in [0.25, 0.3) is 0 Å². The predicted octanol–water partition coefficient (Wildman–Crippen LogP) is 3.61. The average molecular weight is 250 g/mol. The lowest BCUT2D eigenvalue weighted by Gasteiger charge is -2.17. The zero-order valence-corrected chi connectivity index (χ0v) is 10.9. The molecule has 1 aromatic heterocycles. The van der Waals surface area contributed by atoms with Gasteiger partial charge in [0.1, 0.15) is 11.3 Å². The van der Waals surface area contributed by atoms with Gasteiger partial charge in [-0.2, -0.15) is 0 Å². The Morgan fingerprint density at radius 3 is 2.56 bits per heavy atom. The van der Waals surface area contributed by atoms with E-state index in [2.05, 4.69) is 18.8 Å². The lowest BCUT2D eigenvalue weighted by molar-refractivity contribution is 0.427. The molecule has 0 saturated carbocycles. The Morgan fingerprint density at radius 2 is 1.94 bits per heavy atom. The Morgan fingerprint density at radius 1 is 1.28 bits per heavy atom. The first-order valence-corrected chi connectivity index (χ1v) is 6.57. The van der Waals surface area contributed by atoms with Gasteiger partial charge in [-0.05, 0) is 25.0 Å². The van der Waals surface area contributed by atoms with Crippen molar-refractivity contribution in [1.29, 1.82) is 0 Å². The molecular weight excluding hydrogens is 231 g/mol. The van der Waals surface area contributed by atoms with Gasteiger partial charge in [0.15, 0.2) is 0 Å². The quantitative estimate of drug-likeness (QED) is 0.864. The molecule has 18 heavy (non-hydrogen) atoms. The minimum atomic E-state index is -0.366. The fraction of sp³-hybridized carbons (Fsp3) is 0.500. The van der Waals surface area contributed by atoms with E-state index in [1.165, 1.54) is 6.07 Å². The second-order valence-corrected chi connectivity index (χ2v) is 4.67. The zero-order valence-electron chi connectivity index (χ0n) is 10.9. The van der Waals surface area contributed by atoms with Crippen molar-refractivity contribution in [1.82, 2.24) is 9.55 Å². The molecule has 0 fully saturated rings. The molecule has 3 nitrogen and oxygen atoms in total. The van der Waals surface area contributed by atoms with Crippen molar-refractivity contribution < 1.29 is 4.39 Å². The van der Waals surface area contributed by atoms with Crippen LogP contribution in [-0.4, -0.2) is 9.55 Å². The third-order valence-electron chi connectivity index (χ3n) is 3.31. The number of hydrogen-bond donors (Lipinski definition) is 1. The third-order valence-corrected chi connectivity index (χ3v) is 3.31. The number of para-hydroxylation sites is 1. The molecule has 4 heteroatoms. The molecule has 98 valence electrons. The summed E-state index contributed by atoms with van der Waals surface area (Å²) in [7, 11) is 0. The van der Waals surface area contributed by atoms with Crippen molar-refractivity contribution in [3.8, 4) is 0 Å². The summed E-state index contributed by atoms with van der Waals surface area (Å²) in [5.74, 6) is -0.366. The van der Waals surface area contributed by atoms with Crippen molar-refractivity contribution in [2.24, 2.45) is 0 Å². The van der Waals surface area contributed by atoms with Crippen LogP contribution in [0.5, 0.6) is 0 Å². The van der Waals surface area contributed by atoms with Crippen LogP contribution in [0.4, 0.5) is 4.39 Å². The number of benzene rings is 1. The number of imidazole rings is 1. The third kappa shape index (κ3) is 2.19. The molecule has 1 aromatic carbocycles. The maximum Gasteiger partial charge on any atom is 0.326 e. The van der Waals surface area contributed by atoms with Crippen LogP contribution in [-0.2, 0) is 0 Å². The number of nitrogens with zero attached hydrogens (tertiary/aromatic N) is 1. The van der Waals surface area contributed by atoms with Crippen molar-refractivity contribution in [3.05, 3.63) is 34.5 Å². The number of hydrogen-bond acceptors (Lipinski definition) is 1. The van der Waals surface area contributed by atoms with Gasteiger partial charge in [-0.25, -0.2) is 9.18 Å². The van der Waals surface area contributed by atoms with Gasteiger partial charge < -0.3 is 4.98 Å². The van der Waals surface area contributed by atoms with Crippen molar-refractivity contribution in [2.75, 3.05) is 0 Å². The van der Waals surface area contributed by atoms with Crippen molar-refractivity contribution >= 4 is 11.0 Å². The van der Waals surface area contributed by atoms with Gasteiger partial charge in [-0.15, -0.1) is 0 Å². The fourth-order valence-electron chi connectivity index (χ4n) is 2.55. The molecule has 0 aliphatic rings. The van der Waals surface area contributed by atoms with E-state index in [1.807, 2.05) is 0 Å². The summed E-state index contributed by atoms with van der Waals surface area (Å²) in [6, 6.07) is 4.98. The number of fused-ring (bicyclic) bond motifs is 1. The van der Waals surface area contributed by atoms with E-state index in [9.17, 15) is 9.18 Å². The van der Waals surface area contributed by atoms with E-state index in [0.29, 0.717) is 11.0 Å². The van der Waals surface area contributed by atoms with Gasteiger partial charge in [-0.3, -0.25) is 4.57 Å². The van der Waals surface area contributed by atoms with Gasteiger partial charge in [0.05, 0.1) is 5.52 Å². The molecule has 0 bridgehead atoms. The van der Waals surface area contributed by atoms with Crippen LogP contribution in [0.1, 0.15) is 45.6 Å². The smallest absolute Gasteiger partial charge is 0.303 e. The maximum atomic E-state index is 13.6. The van der Waals surface area contributed by atoms with Crippen LogP contribution < -0.4 is 5.69 Å². The highest BCUT2D eigenvalue weighted by Crippen LogP contribution is 2.23. The molecular formula is C14H19FN2O. The van der Waals surface area contributed by atoms with Crippen molar-refractivity contribution in [3.63, 3.8) is 0 Å². The molecule has 1 N–H and O–H groups in total. The Hall–Kier alpha value is -1.58. The Labute approximate surface area is 106 Å². The summed E-state index contributed by atoms with van der Waals surface area (Å²) in [6.45, 7) is 4.20. The van der Waals surface area contributed by atoms with Crippen LogP contribution in [0.3, 0.4) is 0 Å². The van der Waals surface area contributed by atoms with Crippen LogP contribution in [0.2, 0.25) is 0 Å². The first kappa shape index (κ1) is 12.9. The summed E-state index contributed by atoms with van der Waals surface area (Å²) in [5.41, 5.74) is 0.786. The number of H-pyrrole nitrogens is 1. The Bertz CT molecular complexity index is 579. The van der Waals surface area contributed by atoms with Gasteiger partial charge in [-0.1, -0.05) is 32.8 Å². The van der Waals surface area contributed by atoms with Gasteiger partial charge in [0, 0.05) is 6.04 Å². The molecule has 0 aliphatic heterocycles. The van der Waals surface area contributed by atoms with E-state index in [1.54, 1.807) is 16.7 Å². The van der Waals surface area contributed by atoms with Crippen LogP contribution >= 0.6 is 0 Å². The molecule has 0 unspecified atom stereocenters. The fourth-order valence-corrected chi connectivity index (χ4v) is 2.55. The lowest BCUT2D eigenvalue weighted by Crippen LogP contribution is -2.22. The van der Waals surface area contributed by atoms with Crippen molar-refractivity contribution in [2.45, 2.75) is 45.6 Å². The van der Waals surface area contributed by atoms with Gasteiger partial charge in [0.2, 0.25) is 0 Å². The predicted molar refractivity (Wildman–Crippen MR) is 71.4 cm³/mol. The van der Waals surface area contributed by atoms with E-state index in [4.69, 9.17) is 0 Å². The minimum Gasteiger partial charge on any atom is -0.303 e. The number of rotatable bonds is 5. The molecule has 2 aromatic rings. The lowest BCUT2D eigenvalue weighted by atomic mass is 10.1. The number of nitrogens with one attached hydrogen (secondary N) is 1. The first-order chi connectivity index (χ1) is 8.69. The second kappa shape index (κ2) is 5.38. The minimum absolute atomic E-state index is 0.156. The Balaban J connectivity index is 2.58. The van der Waals surface area contributed by atoms with E-state index in [0.717, 1.165) is 25.7 Å². The molecule has 2 rings (SSSR count). The summed E-state index contributed by atoms with van der Waals surface area (Å²) < 4.78 is 15.3. The monoisotopic (exact) mass is 250 g/mol. The molecule has 0 spiro atoms. The highest BCUT2D eigenvalue weighted by molar-refractivity contribution is 5.75. The topological polar surface area (TPSA) is 37.8 Å². The average Bonchev–Trinajstić information content (AvgIpc) is 2.67. The summed E-state index contributed by atoms with van der Waals surface area (Å²) in [6.07, 6.45) is 3.91. The van der Waals surface area contributed by atoms with Crippen LogP contribution in [0.15, 0.2) is 23.0 Å². The summed E-state index contributed by atoms with van der Waals surface area (Å²) in [5, 5.41) is 0. The van der Waals surface area contributed by atoms with Crippen LogP contribution in [0, 0.1) is 5.82 Å².